The molecule has 3 radical (unpaired) electrons. The molecule has 0 nitrogen and oxygen atoms in total. The van der Waals surface area contributed by atoms with E-state index in [0.29, 0.717) is 0 Å². The first kappa shape index (κ1) is 9.08. The molecule has 2 heteroatoms. The van der Waals surface area contributed by atoms with E-state index in [1.165, 1.54) is 34.4 Å². The van der Waals surface area contributed by atoms with Gasteiger partial charge in [-0.05, 0) is 27.1 Å². The van der Waals surface area contributed by atoms with Crippen LogP contribution in [0.5, 0.6) is 0 Å². The van der Waals surface area contributed by atoms with Crippen molar-refractivity contribution in [2.75, 3.05) is 0 Å². The van der Waals surface area contributed by atoms with Crippen molar-refractivity contribution in [1.29, 1.82) is 0 Å². The molecule has 69 valence electrons. The third-order valence-corrected chi connectivity index (χ3v) is 4.12. The van der Waals surface area contributed by atoms with Gasteiger partial charge in [0.15, 0.2) is 0 Å². The van der Waals surface area contributed by atoms with Crippen molar-refractivity contribution in [3.8, 4) is 0 Å². The Morgan fingerprint density at radius 3 is 2.60 bits per heavy atom. The Bertz CT molecular complexity index is 646. The van der Waals surface area contributed by atoms with Crippen LogP contribution in [0.1, 0.15) is 0 Å². The van der Waals surface area contributed by atoms with Gasteiger partial charge in [0.2, 0.25) is 0 Å². The summed E-state index contributed by atoms with van der Waals surface area (Å²) in [7, 11) is 4.85. The van der Waals surface area contributed by atoms with Crippen LogP contribution in [0.2, 0.25) is 0 Å². The molecule has 0 saturated carbocycles. The van der Waals surface area contributed by atoms with Crippen LogP contribution in [-0.2, 0) is 0 Å². The maximum absolute atomic E-state index is 3.59. The van der Waals surface area contributed by atoms with Crippen molar-refractivity contribution in [1.82, 2.24) is 0 Å². The van der Waals surface area contributed by atoms with Gasteiger partial charge in [0, 0.05) is 5.12 Å². The highest BCUT2D eigenvalue weighted by Crippen LogP contribution is 2.28. The first-order valence-electron chi connectivity index (χ1n) is 4.85. The molecule has 3 rings (SSSR count). The molecule has 0 aliphatic rings. The molecule has 0 bridgehead atoms. The van der Waals surface area contributed by atoms with Gasteiger partial charge in [-0.2, -0.15) is 0 Å². The van der Waals surface area contributed by atoms with E-state index in [4.69, 9.17) is 0 Å². The van der Waals surface area contributed by atoms with Crippen molar-refractivity contribution in [3.05, 3.63) is 48.5 Å². The molecule has 0 aliphatic heterocycles. The number of fused-ring (bicyclic) bond motifs is 3. The molecule has 15 heavy (non-hydrogen) atoms. The zero-order valence-corrected chi connectivity index (χ0v) is 9.96. The molecular weight excluding hydrogens is 215 g/mol. The van der Waals surface area contributed by atoms with Gasteiger partial charge in [-0.1, -0.05) is 50.7 Å². The predicted octanol–water partition coefficient (Wildman–Crippen LogP) is 3.37. The molecule has 0 fully saturated rings. The normalized spacial score (nSPS) is 11.5. The molecule has 0 aliphatic carbocycles. The quantitative estimate of drug-likeness (QED) is 0.405. The van der Waals surface area contributed by atoms with E-state index in [-0.39, 0.29) is 0 Å². The Labute approximate surface area is 93.5 Å². The standard InChI is InChI=1S/C13H8PSi/c15-13-8-6-11-10-4-2-1-3-9(10)5-7-12(11)14-13/h1-8H. The molecule has 1 aromatic heterocycles. The summed E-state index contributed by atoms with van der Waals surface area (Å²) in [4.78, 5) is 1.22. The molecule has 0 atom stereocenters. The Kier molecular flexibility index (Phi) is 2.08. The van der Waals surface area contributed by atoms with Gasteiger partial charge in [0.05, 0.1) is 10.2 Å². The van der Waals surface area contributed by atoms with E-state index in [1.54, 1.807) is 0 Å². The molecular formula is C13H8PSi. The minimum Gasteiger partial charge on any atom is -0.0697 e. The third-order valence-electron chi connectivity index (χ3n) is 2.60. The summed E-state index contributed by atoms with van der Waals surface area (Å²) in [6.45, 7) is 0. The average molecular weight is 223 g/mol. The van der Waals surface area contributed by atoms with Crippen LogP contribution in [0.3, 0.4) is 0 Å². The van der Waals surface area contributed by atoms with E-state index in [1.807, 2.05) is 0 Å². The summed E-state index contributed by atoms with van der Waals surface area (Å²) in [5.74, 6) is 0. The van der Waals surface area contributed by atoms with Crippen LogP contribution in [0.4, 0.5) is 0 Å². The highest BCUT2D eigenvalue weighted by Gasteiger charge is 1.99. The van der Waals surface area contributed by atoms with Gasteiger partial charge >= 0.3 is 0 Å². The number of benzene rings is 2. The van der Waals surface area contributed by atoms with Gasteiger partial charge in [-0.15, -0.1) is 0 Å². The lowest BCUT2D eigenvalue weighted by Crippen LogP contribution is -1.93. The van der Waals surface area contributed by atoms with Gasteiger partial charge in [0.25, 0.3) is 0 Å². The third kappa shape index (κ3) is 1.48. The number of rotatable bonds is 0. The van der Waals surface area contributed by atoms with Crippen LogP contribution in [0.25, 0.3) is 21.3 Å². The summed E-state index contributed by atoms with van der Waals surface area (Å²) < 4.78 is 0. The fourth-order valence-corrected chi connectivity index (χ4v) is 3.20. The van der Waals surface area contributed by atoms with E-state index in [0.717, 1.165) is 0 Å². The maximum Gasteiger partial charge on any atom is 0.0781 e. The molecule has 0 saturated heterocycles. The van der Waals surface area contributed by atoms with Crippen LogP contribution in [-0.4, -0.2) is 10.2 Å². The van der Waals surface area contributed by atoms with Crippen molar-refractivity contribution >= 4 is 44.6 Å². The SMILES string of the molecule is [Si]c1ccc2c(ccc3ccccc32)p1. The summed E-state index contributed by atoms with van der Waals surface area (Å²) in [6.07, 6.45) is 0. The fourth-order valence-electron chi connectivity index (χ4n) is 1.89. The second kappa shape index (κ2) is 3.44. The Hall–Kier alpha value is -1.17. The monoisotopic (exact) mass is 223 g/mol. The van der Waals surface area contributed by atoms with Gasteiger partial charge in [-0.25, -0.2) is 0 Å². The van der Waals surface area contributed by atoms with E-state index >= 15 is 0 Å². The predicted molar refractivity (Wildman–Crippen MR) is 69.4 cm³/mol. The van der Waals surface area contributed by atoms with Crippen LogP contribution in [0.15, 0.2) is 48.5 Å². The number of hydrogen-bond acceptors (Lipinski definition) is 0. The first-order valence-corrected chi connectivity index (χ1v) is 6.24. The molecule has 0 N–H and O–H groups in total. The summed E-state index contributed by atoms with van der Waals surface area (Å²) in [5.41, 5.74) is 0. The van der Waals surface area contributed by atoms with Crippen molar-refractivity contribution in [2.24, 2.45) is 0 Å². The largest absolute Gasteiger partial charge is 0.0781 e. The molecule has 0 unspecified atom stereocenters. The van der Waals surface area contributed by atoms with Crippen molar-refractivity contribution in [3.63, 3.8) is 0 Å². The molecule has 0 amide bonds. The Morgan fingerprint density at radius 2 is 1.67 bits per heavy atom. The second-order valence-electron chi connectivity index (χ2n) is 3.55. The summed E-state index contributed by atoms with van der Waals surface area (Å²) >= 11 is 0. The van der Waals surface area contributed by atoms with E-state index in [2.05, 4.69) is 58.8 Å². The molecule has 1 heterocycles. The maximum atomic E-state index is 3.59. The Morgan fingerprint density at radius 1 is 0.800 bits per heavy atom. The highest BCUT2D eigenvalue weighted by atomic mass is 31.0. The lowest BCUT2D eigenvalue weighted by molar-refractivity contribution is 1.81. The van der Waals surface area contributed by atoms with Gasteiger partial charge in [0.1, 0.15) is 0 Å². The lowest BCUT2D eigenvalue weighted by atomic mass is 10.1. The van der Waals surface area contributed by atoms with Gasteiger partial charge < -0.3 is 0 Å². The van der Waals surface area contributed by atoms with E-state index < -0.39 is 0 Å². The van der Waals surface area contributed by atoms with E-state index in [9.17, 15) is 0 Å². The van der Waals surface area contributed by atoms with Gasteiger partial charge in [-0.3, -0.25) is 0 Å². The zero-order chi connectivity index (χ0) is 10.3. The van der Waals surface area contributed by atoms with Crippen LogP contribution >= 0.6 is 8.19 Å². The lowest BCUT2D eigenvalue weighted by Gasteiger charge is -2.03. The van der Waals surface area contributed by atoms with Crippen molar-refractivity contribution in [2.45, 2.75) is 0 Å². The van der Waals surface area contributed by atoms with Crippen molar-refractivity contribution < 1.29 is 0 Å². The topological polar surface area (TPSA) is 0 Å². The highest BCUT2D eigenvalue weighted by molar-refractivity contribution is 7.43. The van der Waals surface area contributed by atoms with Crippen LogP contribution < -0.4 is 4.92 Å². The molecule has 0 spiro atoms. The summed E-state index contributed by atoms with van der Waals surface area (Å²) in [6, 6.07) is 17.3. The average Bonchev–Trinajstić information content (AvgIpc) is 2.28. The molecule has 3 aromatic rings. The molecule has 2 aromatic carbocycles. The summed E-state index contributed by atoms with van der Waals surface area (Å²) in [5, 5.41) is 5.39. The Balaban J connectivity index is 2.55. The minimum atomic E-state index is 1.22. The fraction of sp³-hybridized carbons (Fsp3) is 0. The zero-order valence-electron chi connectivity index (χ0n) is 8.07. The number of hydrogen-bond donors (Lipinski definition) is 0. The first-order chi connectivity index (χ1) is 7.34. The minimum absolute atomic E-state index is 1.22. The smallest absolute Gasteiger partial charge is 0.0697 e. The second-order valence-corrected chi connectivity index (χ2v) is 5.70. The van der Waals surface area contributed by atoms with Crippen LogP contribution in [0, 0.1) is 0 Å².